The van der Waals surface area contributed by atoms with Crippen LogP contribution in [0, 0.1) is 23.7 Å². The molecule has 0 atom stereocenters. The Hall–Kier alpha value is -1.28. The smallest absolute Gasteiger partial charge is 0.250 e. The van der Waals surface area contributed by atoms with Crippen molar-refractivity contribution < 1.29 is 28.0 Å². The van der Waals surface area contributed by atoms with Crippen LogP contribution < -0.4 is 4.74 Å². The number of methoxy groups -OCH3 is 1. The fourth-order valence-electron chi connectivity index (χ4n) is 8.40. The van der Waals surface area contributed by atoms with E-state index >= 15 is 0 Å². The third-order valence-corrected chi connectivity index (χ3v) is 10.4. The predicted octanol–water partition coefficient (Wildman–Crippen LogP) is 6.96. The van der Waals surface area contributed by atoms with E-state index in [1.165, 1.54) is 37.7 Å². The lowest BCUT2D eigenvalue weighted by atomic mass is 9.53. The summed E-state index contributed by atoms with van der Waals surface area (Å²) >= 11 is 0. The molecule has 6 fully saturated rings. The topological polar surface area (TPSA) is 40.2 Å². The average Bonchev–Trinajstić information content (AvgIpc) is 2.92. The first-order valence-corrected chi connectivity index (χ1v) is 15.1. The molecule has 5 nitrogen and oxygen atoms in total. The lowest BCUT2D eigenvalue weighted by Gasteiger charge is -2.58. The number of nitrogens with zero attached hydrogens (tertiary/aromatic N) is 1. The SMILES string of the molecule is COC1(OO[C@H]2CC[C@@H](c3ccc(OCCCN4CCC(F)(F)CC4)cc3)CC2)C2CC3CC(C2)CC1C3. The van der Waals surface area contributed by atoms with Gasteiger partial charge in [-0.1, -0.05) is 12.1 Å². The molecule has 7 heteroatoms. The van der Waals surface area contributed by atoms with Crippen LogP contribution in [-0.2, 0) is 14.5 Å². The van der Waals surface area contributed by atoms with E-state index in [9.17, 15) is 8.78 Å². The molecule has 0 radical (unpaired) electrons. The second kappa shape index (κ2) is 11.3. The monoisotopic (exact) mass is 533 g/mol. The Morgan fingerprint density at radius 2 is 1.50 bits per heavy atom. The fourth-order valence-corrected chi connectivity index (χ4v) is 8.40. The van der Waals surface area contributed by atoms with Crippen molar-refractivity contribution in [1.82, 2.24) is 4.90 Å². The van der Waals surface area contributed by atoms with Crippen molar-refractivity contribution in [2.24, 2.45) is 23.7 Å². The van der Waals surface area contributed by atoms with Crippen LogP contribution in [0.25, 0.3) is 0 Å². The number of hydrogen-bond donors (Lipinski definition) is 0. The molecule has 0 N–H and O–H groups in total. The van der Waals surface area contributed by atoms with Crippen LogP contribution in [0.3, 0.4) is 0 Å². The van der Waals surface area contributed by atoms with Gasteiger partial charge < -0.3 is 14.4 Å². The first-order chi connectivity index (χ1) is 18.4. The van der Waals surface area contributed by atoms with Crippen molar-refractivity contribution in [2.45, 2.75) is 101 Å². The molecule has 0 unspecified atom stereocenters. The molecule has 1 aliphatic heterocycles. The zero-order chi connectivity index (χ0) is 26.2. The number of benzene rings is 1. The van der Waals surface area contributed by atoms with Gasteiger partial charge in [0.2, 0.25) is 5.79 Å². The third-order valence-electron chi connectivity index (χ3n) is 10.4. The maximum Gasteiger partial charge on any atom is 0.250 e. The van der Waals surface area contributed by atoms with Gasteiger partial charge in [0.25, 0.3) is 5.92 Å². The van der Waals surface area contributed by atoms with Crippen molar-refractivity contribution in [1.29, 1.82) is 0 Å². The van der Waals surface area contributed by atoms with E-state index in [2.05, 4.69) is 29.2 Å². The highest BCUT2D eigenvalue weighted by Crippen LogP contribution is 2.60. The standard InChI is InChI=1S/C31H45F2NO4/c1-35-31(26-18-22-17-23(20-26)21-27(31)19-22)38-37-29-9-5-25(6-10-29)24-3-7-28(8-4-24)36-16-2-13-34-14-11-30(32,33)12-15-34/h3-4,7-8,22-23,25-27,29H,2,5-6,9-21H2,1H3/t22?,23?,25-,26?,27?,29+,31?. The van der Waals surface area contributed by atoms with Gasteiger partial charge in [-0.3, -0.25) is 0 Å². The Balaban J connectivity index is 0.909. The highest BCUT2D eigenvalue weighted by atomic mass is 19.3. The summed E-state index contributed by atoms with van der Waals surface area (Å²) in [6.45, 7) is 2.39. The molecule has 212 valence electrons. The molecule has 7 rings (SSSR count). The zero-order valence-electron chi connectivity index (χ0n) is 22.9. The summed E-state index contributed by atoms with van der Waals surface area (Å²) in [4.78, 5) is 14.5. The van der Waals surface area contributed by atoms with Gasteiger partial charge in [-0.05, 0) is 99.7 Å². The van der Waals surface area contributed by atoms with E-state index in [1.807, 2.05) is 7.11 Å². The maximum atomic E-state index is 13.3. The van der Waals surface area contributed by atoms with Crippen molar-refractivity contribution >= 4 is 0 Å². The Bertz CT molecular complexity index is 879. The summed E-state index contributed by atoms with van der Waals surface area (Å²) in [7, 11) is 1.81. The number of piperidine rings is 1. The Kier molecular flexibility index (Phi) is 8.01. The van der Waals surface area contributed by atoms with E-state index in [1.54, 1.807) is 0 Å². The van der Waals surface area contributed by atoms with E-state index in [4.69, 9.17) is 19.2 Å². The van der Waals surface area contributed by atoms with E-state index in [0.717, 1.165) is 56.2 Å². The molecule has 1 saturated heterocycles. The highest BCUT2D eigenvalue weighted by molar-refractivity contribution is 5.29. The molecule has 0 aromatic heterocycles. The van der Waals surface area contributed by atoms with Gasteiger partial charge in [-0.2, -0.15) is 0 Å². The number of likely N-dealkylation sites (tertiary alicyclic amines) is 1. The van der Waals surface area contributed by atoms with Crippen LogP contribution in [0.5, 0.6) is 5.75 Å². The number of rotatable bonds is 10. The summed E-state index contributed by atoms with van der Waals surface area (Å²) in [6.07, 6.45) is 11.5. The molecule has 0 amide bonds. The molecular weight excluding hydrogens is 488 g/mol. The summed E-state index contributed by atoms with van der Waals surface area (Å²) < 4.78 is 38.6. The number of alkyl halides is 2. The van der Waals surface area contributed by atoms with Crippen LogP contribution in [-0.4, -0.2) is 56.1 Å². The molecule has 1 aromatic carbocycles. The minimum Gasteiger partial charge on any atom is -0.494 e. The van der Waals surface area contributed by atoms with Gasteiger partial charge in [0.05, 0.1) is 12.7 Å². The molecule has 6 aliphatic rings. The normalized spacial score (nSPS) is 38.4. The van der Waals surface area contributed by atoms with Gasteiger partial charge >= 0.3 is 0 Å². The number of hydrogen-bond acceptors (Lipinski definition) is 5. The molecule has 38 heavy (non-hydrogen) atoms. The van der Waals surface area contributed by atoms with Gasteiger partial charge in [0.15, 0.2) is 0 Å². The average molecular weight is 534 g/mol. The molecule has 1 aromatic rings. The molecule has 5 saturated carbocycles. The Labute approximate surface area is 226 Å². The van der Waals surface area contributed by atoms with Crippen LogP contribution >= 0.6 is 0 Å². The molecular formula is C31H45F2NO4. The first kappa shape index (κ1) is 26.9. The third kappa shape index (κ3) is 5.77. The number of halogens is 2. The summed E-state index contributed by atoms with van der Waals surface area (Å²) in [6, 6.07) is 8.52. The minimum absolute atomic E-state index is 0.0218. The zero-order valence-corrected chi connectivity index (χ0v) is 22.9. The van der Waals surface area contributed by atoms with Crippen LogP contribution in [0.2, 0.25) is 0 Å². The van der Waals surface area contributed by atoms with Crippen molar-refractivity contribution in [3.63, 3.8) is 0 Å². The van der Waals surface area contributed by atoms with Crippen LogP contribution in [0.1, 0.15) is 88.5 Å². The van der Waals surface area contributed by atoms with Crippen molar-refractivity contribution in [2.75, 3.05) is 33.4 Å². The van der Waals surface area contributed by atoms with Gasteiger partial charge in [-0.15, -0.1) is 0 Å². The van der Waals surface area contributed by atoms with Gasteiger partial charge in [-0.25, -0.2) is 18.6 Å². The first-order valence-electron chi connectivity index (χ1n) is 15.1. The van der Waals surface area contributed by atoms with Crippen LogP contribution in [0.4, 0.5) is 8.78 Å². The lowest BCUT2D eigenvalue weighted by molar-refractivity contribution is -0.485. The highest BCUT2D eigenvalue weighted by Gasteiger charge is 2.60. The predicted molar refractivity (Wildman–Crippen MR) is 141 cm³/mol. The molecule has 0 spiro atoms. The summed E-state index contributed by atoms with van der Waals surface area (Å²) in [5.74, 6) is 1.13. The van der Waals surface area contributed by atoms with E-state index < -0.39 is 11.7 Å². The van der Waals surface area contributed by atoms with E-state index in [-0.39, 0.29) is 18.9 Å². The maximum absolute atomic E-state index is 13.3. The van der Waals surface area contributed by atoms with Crippen LogP contribution in [0.15, 0.2) is 24.3 Å². The Morgan fingerprint density at radius 1 is 0.868 bits per heavy atom. The minimum atomic E-state index is -2.48. The van der Waals surface area contributed by atoms with Crippen molar-refractivity contribution in [3.8, 4) is 5.75 Å². The quantitative estimate of drug-likeness (QED) is 0.141. The van der Waals surface area contributed by atoms with E-state index in [0.29, 0.717) is 37.5 Å². The van der Waals surface area contributed by atoms with Gasteiger partial charge in [0, 0.05) is 51.4 Å². The van der Waals surface area contributed by atoms with Crippen molar-refractivity contribution in [3.05, 3.63) is 29.8 Å². The number of ether oxygens (including phenoxy) is 2. The summed E-state index contributed by atoms with van der Waals surface area (Å²) in [5, 5.41) is 0. The molecule has 5 aliphatic carbocycles. The molecule has 1 heterocycles. The lowest BCUT2D eigenvalue weighted by Crippen LogP contribution is -2.60. The second-order valence-corrected chi connectivity index (χ2v) is 12.9. The molecule has 4 bridgehead atoms. The Morgan fingerprint density at radius 3 is 2.11 bits per heavy atom. The second-order valence-electron chi connectivity index (χ2n) is 12.9. The van der Waals surface area contributed by atoms with Gasteiger partial charge in [0.1, 0.15) is 5.75 Å². The fraction of sp³-hybridized carbons (Fsp3) is 0.806. The summed E-state index contributed by atoms with van der Waals surface area (Å²) in [5.41, 5.74) is 1.36. The largest absolute Gasteiger partial charge is 0.494 e.